The number of aromatic nitrogens is 1. The molecule has 0 atom stereocenters. The number of methoxy groups -OCH3 is 1. The molecule has 0 fully saturated rings. The van der Waals surface area contributed by atoms with E-state index in [0.717, 1.165) is 4.88 Å². The number of nitrogens with one attached hydrogen (secondary N) is 2. The van der Waals surface area contributed by atoms with E-state index < -0.39 is 16.0 Å². The fraction of sp³-hybridized carbons (Fsp3) is 0.150. The Hall–Kier alpha value is -3.24. The molecule has 3 aromatic rings. The van der Waals surface area contributed by atoms with E-state index in [1.807, 2.05) is 0 Å². The second-order valence-electron chi connectivity index (χ2n) is 6.29. The molecular weight excluding hydrogens is 426 g/mol. The van der Waals surface area contributed by atoms with Crippen LogP contribution in [0.2, 0.25) is 0 Å². The summed E-state index contributed by atoms with van der Waals surface area (Å²) >= 11 is 1.25. The molecule has 1 aromatic heterocycles. The number of amides is 1. The number of ether oxygens (including phenoxy) is 1. The summed E-state index contributed by atoms with van der Waals surface area (Å²) in [6, 6.07) is 12.5. The third-order valence-corrected chi connectivity index (χ3v) is 6.57. The molecule has 1 amide bonds. The van der Waals surface area contributed by atoms with Crippen molar-refractivity contribution in [3.05, 3.63) is 59.8 Å². The Labute approximate surface area is 178 Å². The van der Waals surface area contributed by atoms with Gasteiger partial charge >= 0.3 is 5.97 Å². The van der Waals surface area contributed by atoms with Gasteiger partial charge < -0.3 is 10.1 Å². The van der Waals surface area contributed by atoms with Crippen LogP contribution in [0.4, 0.5) is 10.8 Å². The monoisotopic (exact) mass is 445 g/mol. The van der Waals surface area contributed by atoms with Gasteiger partial charge in [-0.1, -0.05) is 35.6 Å². The van der Waals surface area contributed by atoms with Crippen molar-refractivity contribution in [2.24, 2.45) is 0 Å². The highest BCUT2D eigenvalue weighted by molar-refractivity contribution is 7.92. The second kappa shape index (κ2) is 8.64. The third kappa shape index (κ3) is 4.66. The standard InChI is InChI=1S/C20H19N3O5S2/c1-12-18(29-20(21-12)22-13(2)24)14-9-10-17(16(11-14)19(25)28-3)23-30(26,27)15-7-5-4-6-8-15/h4-11,23H,1-3H3,(H,21,22,24). The van der Waals surface area contributed by atoms with Crippen LogP contribution in [-0.4, -0.2) is 32.4 Å². The van der Waals surface area contributed by atoms with Gasteiger partial charge in [-0.3, -0.25) is 9.52 Å². The fourth-order valence-electron chi connectivity index (χ4n) is 2.72. The molecule has 0 saturated heterocycles. The van der Waals surface area contributed by atoms with Gasteiger partial charge in [0, 0.05) is 6.92 Å². The van der Waals surface area contributed by atoms with Crippen molar-refractivity contribution >= 4 is 44.1 Å². The van der Waals surface area contributed by atoms with Crippen LogP contribution in [0.3, 0.4) is 0 Å². The van der Waals surface area contributed by atoms with Gasteiger partial charge in [0.15, 0.2) is 5.13 Å². The summed E-state index contributed by atoms with van der Waals surface area (Å²) in [7, 11) is -2.67. The summed E-state index contributed by atoms with van der Waals surface area (Å²) in [4.78, 5) is 28.7. The van der Waals surface area contributed by atoms with Crippen LogP contribution in [-0.2, 0) is 19.6 Å². The van der Waals surface area contributed by atoms with Gasteiger partial charge in [0.05, 0.1) is 33.8 Å². The molecule has 8 nitrogen and oxygen atoms in total. The summed E-state index contributed by atoms with van der Waals surface area (Å²) in [6.45, 7) is 3.17. The Kier molecular flexibility index (Phi) is 6.18. The number of hydrogen-bond donors (Lipinski definition) is 2. The number of carbonyl (C=O) groups is 2. The normalized spacial score (nSPS) is 11.0. The number of carbonyl (C=O) groups excluding carboxylic acids is 2. The van der Waals surface area contributed by atoms with E-state index in [0.29, 0.717) is 16.4 Å². The molecule has 3 rings (SSSR count). The van der Waals surface area contributed by atoms with E-state index in [1.165, 1.54) is 49.6 Å². The first kappa shape index (κ1) is 21.5. The molecular formula is C20H19N3O5S2. The number of benzene rings is 2. The lowest BCUT2D eigenvalue weighted by atomic mass is 10.1. The highest BCUT2D eigenvalue weighted by atomic mass is 32.2. The largest absolute Gasteiger partial charge is 0.465 e. The van der Waals surface area contributed by atoms with Crippen molar-refractivity contribution in [2.75, 3.05) is 17.1 Å². The quantitative estimate of drug-likeness (QED) is 0.560. The van der Waals surface area contributed by atoms with Crippen LogP contribution in [0.5, 0.6) is 0 Å². The smallest absolute Gasteiger partial charge is 0.340 e. The average molecular weight is 446 g/mol. The van der Waals surface area contributed by atoms with Crippen LogP contribution in [0.25, 0.3) is 10.4 Å². The molecule has 30 heavy (non-hydrogen) atoms. The first-order valence-electron chi connectivity index (χ1n) is 8.77. The van der Waals surface area contributed by atoms with E-state index in [1.54, 1.807) is 31.2 Å². The maximum absolute atomic E-state index is 12.7. The first-order valence-corrected chi connectivity index (χ1v) is 11.1. The van der Waals surface area contributed by atoms with Gasteiger partial charge in [0.2, 0.25) is 5.91 Å². The lowest BCUT2D eigenvalue weighted by Crippen LogP contribution is -2.16. The van der Waals surface area contributed by atoms with Crippen LogP contribution in [0.1, 0.15) is 23.0 Å². The zero-order valence-electron chi connectivity index (χ0n) is 16.4. The molecule has 10 heteroatoms. The Bertz CT molecular complexity index is 1200. The average Bonchev–Trinajstić information content (AvgIpc) is 3.07. The number of rotatable bonds is 6. The second-order valence-corrected chi connectivity index (χ2v) is 8.97. The van der Waals surface area contributed by atoms with Crippen LogP contribution in [0.15, 0.2) is 53.4 Å². The van der Waals surface area contributed by atoms with Gasteiger partial charge in [-0.15, -0.1) is 0 Å². The Morgan fingerprint density at radius 2 is 1.80 bits per heavy atom. The molecule has 1 heterocycles. The third-order valence-electron chi connectivity index (χ3n) is 4.06. The number of aryl methyl sites for hydroxylation is 1. The first-order chi connectivity index (χ1) is 14.2. The Morgan fingerprint density at radius 1 is 1.10 bits per heavy atom. The van der Waals surface area contributed by atoms with Gasteiger partial charge in [0.1, 0.15) is 0 Å². The summed E-state index contributed by atoms with van der Waals surface area (Å²) in [5.74, 6) is -0.928. The molecule has 0 saturated carbocycles. The van der Waals surface area contributed by atoms with E-state index in [2.05, 4.69) is 15.0 Å². The highest BCUT2D eigenvalue weighted by Gasteiger charge is 2.21. The lowest BCUT2D eigenvalue weighted by Gasteiger charge is -2.13. The number of nitrogens with zero attached hydrogens (tertiary/aromatic N) is 1. The van der Waals surface area contributed by atoms with E-state index in [-0.39, 0.29) is 22.1 Å². The van der Waals surface area contributed by atoms with E-state index in [4.69, 9.17) is 4.74 Å². The number of sulfonamides is 1. The molecule has 0 spiro atoms. The topological polar surface area (TPSA) is 114 Å². The molecule has 2 N–H and O–H groups in total. The number of hydrogen-bond acceptors (Lipinski definition) is 7. The number of thiazole rings is 1. The van der Waals surface area contributed by atoms with Crippen LogP contribution < -0.4 is 10.0 Å². The van der Waals surface area contributed by atoms with Crippen LogP contribution >= 0.6 is 11.3 Å². The Morgan fingerprint density at radius 3 is 2.43 bits per heavy atom. The lowest BCUT2D eigenvalue weighted by molar-refractivity contribution is -0.114. The SMILES string of the molecule is COC(=O)c1cc(-c2sc(NC(C)=O)nc2C)ccc1NS(=O)(=O)c1ccccc1. The van der Waals surface area contributed by atoms with Crippen molar-refractivity contribution in [1.29, 1.82) is 0 Å². The minimum absolute atomic E-state index is 0.0587. The van der Waals surface area contributed by atoms with E-state index >= 15 is 0 Å². The molecule has 0 aliphatic heterocycles. The summed E-state index contributed by atoms with van der Waals surface area (Å²) in [6.07, 6.45) is 0. The molecule has 0 radical (unpaired) electrons. The zero-order chi connectivity index (χ0) is 21.9. The molecule has 156 valence electrons. The maximum atomic E-state index is 12.7. The molecule has 0 aliphatic carbocycles. The number of esters is 1. The molecule has 0 aliphatic rings. The zero-order valence-corrected chi connectivity index (χ0v) is 18.1. The predicted octanol–water partition coefficient (Wildman–Crippen LogP) is 3.66. The molecule has 0 unspecified atom stereocenters. The van der Waals surface area contributed by atoms with Gasteiger partial charge in [0.25, 0.3) is 10.0 Å². The van der Waals surface area contributed by atoms with Crippen molar-refractivity contribution in [1.82, 2.24) is 4.98 Å². The predicted molar refractivity (Wildman–Crippen MR) is 115 cm³/mol. The summed E-state index contributed by atoms with van der Waals surface area (Å²) in [5.41, 5.74) is 1.46. The van der Waals surface area contributed by atoms with Crippen molar-refractivity contribution in [3.8, 4) is 10.4 Å². The minimum Gasteiger partial charge on any atom is -0.465 e. The van der Waals surface area contributed by atoms with Gasteiger partial charge in [-0.25, -0.2) is 18.2 Å². The van der Waals surface area contributed by atoms with Gasteiger partial charge in [-0.2, -0.15) is 0 Å². The maximum Gasteiger partial charge on any atom is 0.340 e. The van der Waals surface area contributed by atoms with Crippen LogP contribution in [0, 0.1) is 6.92 Å². The van der Waals surface area contributed by atoms with Gasteiger partial charge in [-0.05, 0) is 36.8 Å². The summed E-state index contributed by atoms with van der Waals surface area (Å²) < 4.78 is 32.6. The van der Waals surface area contributed by atoms with Crippen molar-refractivity contribution < 1.29 is 22.7 Å². The fourth-order valence-corrected chi connectivity index (χ4v) is 4.83. The highest BCUT2D eigenvalue weighted by Crippen LogP contribution is 2.35. The Balaban J connectivity index is 2.02. The molecule has 0 bridgehead atoms. The summed E-state index contributed by atoms with van der Waals surface area (Å²) in [5, 5.41) is 3.06. The number of anilines is 2. The molecule has 2 aromatic carbocycles. The van der Waals surface area contributed by atoms with E-state index in [9.17, 15) is 18.0 Å². The van der Waals surface area contributed by atoms with Crippen molar-refractivity contribution in [2.45, 2.75) is 18.7 Å². The minimum atomic E-state index is -3.89. The van der Waals surface area contributed by atoms with Crippen molar-refractivity contribution in [3.63, 3.8) is 0 Å².